The highest BCUT2D eigenvalue weighted by molar-refractivity contribution is 5.98. The van der Waals surface area contributed by atoms with E-state index in [9.17, 15) is 0 Å². The monoisotopic (exact) mass is 702 g/mol. The molecule has 0 heterocycles. The molecule has 0 nitrogen and oxygen atoms in total. The zero-order chi connectivity index (χ0) is 37.2. The van der Waals surface area contributed by atoms with Gasteiger partial charge in [0.2, 0.25) is 0 Å². The van der Waals surface area contributed by atoms with Gasteiger partial charge < -0.3 is 0 Å². The summed E-state index contributed by atoms with van der Waals surface area (Å²) in [4.78, 5) is 0. The third-order valence-corrected chi connectivity index (χ3v) is 9.98. The highest BCUT2D eigenvalue weighted by atomic mass is 14.1. The Balaban J connectivity index is 1.07. The number of hydrogen-bond donors (Lipinski definition) is 0. The van der Waals surface area contributed by atoms with Gasteiger partial charge in [-0.15, -0.1) is 0 Å². The molecule has 0 saturated heterocycles. The van der Waals surface area contributed by atoms with E-state index < -0.39 is 0 Å². The quantitative estimate of drug-likeness (QED) is 0.124. The van der Waals surface area contributed by atoms with Crippen molar-refractivity contribution in [3.05, 3.63) is 261 Å². The molecule has 0 N–H and O–H groups in total. The molecule has 0 aromatic heterocycles. The lowest BCUT2D eigenvalue weighted by Crippen LogP contribution is -1.88. The second-order valence-corrected chi connectivity index (χ2v) is 13.9. The van der Waals surface area contributed by atoms with Crippen molar-refractivity contribution >= 4 is 58.4 Å². The summed E-state index contributed by atoms with van der Waals surface area (Å²) in [7, 11) is 0. The molecule has 8 rings (SSSR count). The minimum absolute atomic E-state index is 1.16. The normalized spacial score (nSPS) is 11.2. The van der Waals surface area contributed by atoms with Crippen LogP contribution >= 0.6 is 0 Å². The Kier molecular flexibility index (Phi) is 10.7. The zero-order valence-corrected chi connectivity index (χ0v) is 31.0. The van der Waals surface area contributed by atoms with Gasteiger partial charge in [-0.25, -0.2) is 0 Å². The molecule has 0 unspecified atom stereocenters. The van der Waals surface area contributed by atoms with Crippen molar-refractivity contribution in [2.45, 2.75) is 6.92 Å². The zero-order valence-electron chi connectivity index (χ0n) is 31.0. The Bertz CT molecular complexity index is 2540. The molecule has 262 valence electrons. The Labute approximate surface area is 325 Å². The summed E-state index contributed by atoms with van der Waals surface area (Å²) in [6.45, 7) is 2.16. The molecule has 0 heteroatoms. The van der Waals surface area contributed by atoms with Crippen LogP contribution in [-0.2, 0) is 0 Å². The fraction of sp³-hybridized carbons (Fsp3) is 0.0182. The number of aryl methyl sites for hydroxylation is 1. The lowest BCUT2D eigenvalue weighted by molar-refractivity contribution is 1.50. The number of benzene rings is 8. The van der Waals surface area contributed by atoms with E-state index in [0.717, 1.165) is 11.1 Å². The van der Waals surface area contributed by atoms with Gasteiger partial charge in [0.1, 0.15) is 0 Å². The van der Waals surface area contributed by atoms with Gasteiger partial charge in [0.15, 0.2) is 0 Å². The van der Waals surface area contributed by atoms with E-state index in [1.54, 1.807) is 0 Å². The maximum atomic E-state index is 2.30. The largest absolute Gasteiger partial charge is 0.0622 e. The lowest BCUT2D eigenvalue weighted by atomic mass is 9.94. The van der Waals surface area contributed by atoms with Crippen LogP contribution in [0.1, 0.15) is 61.2 Å². The molecular weight excluding hydrogens is 661 g/mol. The fourth-order valence-corrected chi connectivity index (χ4v) is 7.05. The third-order valence-electron chi connectivity index (χ3n) is 9.98. The average molecular weight is 703 g/mol. The van der Waals surface area contributed by atoms with Crippen LogP contribution in [0.3, 0.4) is 0 Å². The highest BCUT2D eigenvalue weighted by Crippen LogP contribution is 2.30. The molecule has 0 amide bonds. The van der Waals surface area contributed by atoms with Crippen LogP contribution in [0.15, 0.2) is 200 Å². The van der Waals surface area contributed by atoms with Gasteiger partial charge in [-0.2, -0.15) is 0 Å². The highest BCUT2D eigenvalue weighted by Gasteiger charge is 2.08. The molecule has 8 aromatic carbocycles. The summed E-state index contributed by atoms with van der Waals surface area (Å²) in [6, 6.07) is 71.3. The van der Waals surface area contributed by atoms with Gasteiger partial charge in [-0.05, 0) is 96.6 Å². The van der Waals surface area contributed by atoms with E-state index in [-0.39, 0.29) is 0 Å². The predicted octanol–water partition coefficient (Wildman–Crippen LogP) is 14.7. The molecular formula is C55H42. The standard InChI is InChI=1S/C55H42/c1-41-22-33-51-36-35-50(34-31-42-23-27-44(28-24-42)39-53(46-14-6-2-7-15-46)47-16-8-3-9-17-47)52(55(51)38-41)37-32-43-25-29-45(30-26-43)40-54(48-18-10-4-11-19-48)49-20-12-5-13-21-49/h2-40H,1H3/b34-31+,37-32+. The molecule has 55 heavy (non-hydrogen) atoms. The Hall–Kier alpha value is -7.02. The van der Waals surface area contributed by atoms with E-state index >= 15 is 0 Å². The number of rotatable bonds is 10. The summed E-state index contributed by atoms with van der Waals surface area (Å²) < 4.78 is 0. The summed E-state index contributed by atoms with van der Waals surface area (Å²) in [5.74, 6) is 0. The molecule has 8 aromatic rings. The minimum atomic E-state index is 1.16. The van der Waals surface area contributed by atoms with Gasteiger partial charge in [0.05, 0.1) is 0 Å². The van der Waals surface area contributed by atoms with Crippen LogP contribution in [0, 0.1) is 6.92 Å². The maximum Gasteiger partial charge on any atom is -0.0103 e. The first-order chi connectivity index (χ1) is 27.2. The van der Waals surface area contributed by atoms with Gasteiger partial charge in [-0.1, -0.05) is 230 Å². The second-order valence-electron chi connectivity index (χ2n) is 13.9. The molecule has 0 spiro atoms. The predicted molar refractivity (Wildman–Crippen MR) is 239 cm³/mol. The Morgan fingerprint density at radius 3 is 1.16 bits per heavy atom. The molecule has 0 radical (unpaired) electrons. The van der Waals surface area contributed by atoms with Crippen molar-refractivity contribution in [1.82, 2.24) is 0 Å². The summed E-state index contributed by atoms with van der Waals surface area (Å²) in [5, 5.41) is 2.49. The van der Waals surface area contributed by atoms with Gasteiger partial charge in [-0.3, -0.25) is 0 Å². The summed E-state index contributed by atoms with van der Waals surface area (Å²) in [6.07, 6.45) is 13.5. The topological polar surface area (TPSA) is 0 Å². The first kappa shape index (κ1) is 35.0. The van der Waals surface area contributed by atoms with Crippen LogP contribution in [0.5, 0.6) is 0 Å². The smallest absolute Gasteiger partial charge is 0.0103 e. The fourth-order valence-electron chi connectivity index (χ4n) is 7.05. The maximum absolute atomic E-state index is 2.30. The molecule has 0 saturated carbocycles. The second kappa shape index (κ2) is 16.8. The molecule has 0 fully saturated rings. The first-order valence-corrected chi connectivity index (χ1v) is 18.9. The van der Waals surface area contributed by atoms with E-state index in [1.165, 1.54) is 72.0 Å². The molecule has 0 aliphatic carbocycles. The SMILES string of the molecule is Cc1ccc2ccc(/C=C/c3ccc(C=C(c4ccccc4)c4ccccc4)cc3)c(/C=C/c3ccc(C=C(c4ccccc4)c4ccccc4)cc3)c2c1. The molecule has 0 atom stereocenters. The van der Waals surface area contributed by atoms with E-state index in [2.05, 4.69) is 244 Å². The molecule has 0 aliphatic rings. The first-order valence-electron chi connectivity index (χ1n) is 18.9. The minimum Gasteiger partial charge on any atom is -0.0622 e. The van der Waals surface area contributed by atoms with Crippen LogP contribution in [-0.4, -0.2) is 0 Å². The number of hydrogen-bond acceptors (Lipinski definition) is 0. The van der Waals surface area contributed by atoms with Crippen LogP contribution in [0.4, 0.5) is 0 Å². The Morgan fingerprint density at radius 2 is 0.727 bits per heavy atom. The summed E-state index contributed by atoms with van der Waals surface area (Å²) >= 11 is 0. The van der Waals surface area contributed by atoms with Crippen molar-refractivity contribution in [2.75, 3.05) is 0 Å². The van der Waals surface area contributed by atoms with Crippen LogP contribution in [0.25, 0.3) is 58.4 Å². The van der Waals surface area contributed by atoms with Gasteiger partial charge in [0.25, 0.3) is 0 Å². The van der Waals surface area contributed by atoms with Crippen molar-refractivity contribution in [3.63, 3.8) is 0 Å². The van der Waals surface area contributed by atoms with E-state index in [4.69, 9.17) is 0 Å². The van der Waals surface area contributed by atoms with Crippen LogP contribution < -0.4 is 0 Å². The number of fused-ring (bicyclic) bond motifs is 1. The average Bonchev–Trinajstić information content (AvgIpc) is 3.25. The van der Waals surface area contributed by atoms with Gasteiger partial charge in [0, 0.05) is 0 Å². The van der Waals surface area contributed by atoms with E-state index in [1.807, 2.05) is 0 Å². The lowest BCUT2D eigenvalue weighted by Gasteiger charge is -2.10. The molecule has 0 bridgehead atoms. The third kappa shape index (κ3) is 8.62. The van der Waals surface area contributed by atoms with E-state index in [0.29, 0.717) is 0 Å². The van der Waals surface area contributed by atoms with Gasteiger partial charge >= 0.3 is 0 Å². The molecule has 0 aliphatic heterocycles. The van der Waals surface area contributed by atoms with Crippen molar-refractivity contribution < 1.29 is 0 Å². The van der Waals surface area contributed by atoms with Crippen molar-refractivity contribution in [1.29, 1.82) is 0 Å². The van der Waals surface area contributed by atoms with Crippen LogP contribution in [0.2, 0.25) is 0 Å². The van der Waals surface area contributed by atoms with Crippen molar-refractivity contribution in [3.8, 4) is 0 Å². The van der Waals surface area contributed by atoms with Crippen molar-refractivity contribution in [2.24, 2.45) is 0 Å². The summed E-state index contributed by atoms with van der Waals surface area (Å²) in [5.41, 5.74) is 15.6. The Morgan fingerprint density at radius 1 is 0.345 bits per heavy atom.